The molecule has 1 unspecified atom stereocenters. The van der Waals surface area contributed by atoms with E-state index < -0.39 is 17.4 Å². The van der Waals surface area contributed by atoms with Crippen molar-refractivity contribution in [1.82, 2.24) is 9.88 Å². The number of rotatable bonds is 8. The van der Waals surface area contributed by atoms with Gasteiger partial charge < -0.3 is 25.5 Å². The summed E-state index contributed by atoms with van der Waals surface area (Å²) in [5.41, 5.74) is 8.00. The number of carboxylic acid groups (broad SMARTS) is 1. The summed E-state index contributed by atoms with van der Waals surface area (Å²) in [5.74, 6) is -0.436. The smallest absolute Gasteiger partial charge is 0.341 e. The lowest BCUT2D eigenvalue weighted by atomic mass is 9.92. The lowest BCUT2D eigenvalue weighted by Crippen LogP contribution is -2.43. The van der Waals surface area contributed by atoms with E-state index in [1.807, 2.05) is 10.6 Å². The Balaban J connectivity index is 1.57. The van der Waals surface area contributed by atoms with Crippen LogP contribution < -0.4 is 21.2 Å². The van der Waals surface area contributed by atoms with E-state index in [4.69, 9.17) is 10.5 Å². The molecule has 4 N–H and O–H groups in total. The van der Waals surface area contributed by atoms with Crippen LogP contribution >= 0.6 is 11.3 Å². The zero-order chi connectivity index (χ0) is 26.4. The number of aromatic carboxylic acids is 1. The van der Waals surface area contributed by atoms with Crippen molar-refractivity contribution in [2.24, 2.45) is 11.7 Å². The first-order chi connectivity index (χ1) is 17.7. The van der Waals surface area contributed by atoms with Crippen molar-refractivity contribution in [2.45, 2.75) is 70.5 Å². The maximum absolute atomic E-state index is 13.0. The van der Waals surface area contributed by atoms with Gasteiger partial charge in [-0.1, -0.05) is 13.8 Å². The molecule has 0 radical (unpaired) electrons. The van der Waals surface area contributed by atoms with Gasteiger partial charge in [0.15, 0.2) is 5.75 Å². The fourth-order valence-electron chi connectivity index (χ4n) is 5.34. The lowest BCUT2D eigenvalue weighted by Gasteiger charge is -2.25. The third-order valence-electron chi connectivity index (χ3n) is 7.28. The number of aryl methyl sites for hydroxylation is 1. The largest absolute Gasteiger partial charge is 0.494 e. The predicted octanol–water partition coefficient (Wildman–Crippen LogP) is 4.64. The topological polar surface area (TPSA) is 124 Å². The van der Waals surface area contributed by atoms with Crippen molar-refractivity contribution in [3.63, 3.8) is 0 Å². The quantitative estimate of drug-likeness (QED) is 0.395. The van der Waals surface area contributed by atoms with Crippen LogP contribution in [0.25, 0.3) is 21.3 Å². The number of benzene rings is 1. The van der Waals surface area contributed by atoms with Crippen LogP contribution in [0.5, 0.6) is 5.75 Å². The standard InChI is InChI=1S/C28H33N3O5S/c1-14(2)11-20(29)27(33)30-21-5-4-6-22-18(21)12-23(37-22)16-9-10-17-24(26(16)36-3)31(15-7-8-15)13-19(25(17)32)28(34)35/h9-10,12-15,20-21H,4-8,11,29H2,1-3H3,(H,30,33)(H,34,35)/t20-,21?/m0/s1. The Kier molecular flexibility index (Phi) is 6.85. The van der Waals surface area contributed by atoms with Crippen LogP contribution in [0.2, 0.25) is 0 Å². The SMILES string of the molecule is COc1c(-c2cc3c(s2)CCCC3NC(=O)[C@@H](N)CC(C)C)ccc2c(=O)c(C(=O)O)cn(C3CC3)c12. The summed E-state index contributed by atoms with van der Waals surface area (Å²) in [7, 11) is 1.58. The van der Waals surface area contributed by atoms with Gasteiger partial charge in [0.05, 0.1) is 30.1 Å². The summed E-state index contributed by atoms with van der Waals surface area (Å²) in [6.45, 7) is 4.11. The van der Waals surface area contributed by atoms with E-state index in [-0.39, 0.29) is 23.6 Å². The predicted molar refractivity (Wildman–Crippen MR) is 145 cm³/mol. The fourth-order valence-corrected chi connectivity index (χ4v) is 6.63. The Morgan fingerprint density at radius 3 is 2.68 bits per heavy atom. The Morgan fingerprint density at radius 2 is 2.03 bits per heavy atom. The van der Waals surface area contributed by atoms with Crippen molar-refractivity contribution in [2.75, 3.05) is 7.11 Å². The molecule has 8 nitrogen and oxygen atoms in total. The summed E-state index contributed by atoms with van der Waals surface area (Å²) in [4.78, 5) is 39.7. The van der Waals surface area contributed by atoms with E-state index >= 15 is 0 Å². The number of nitrogens with one attached hydrogen (secondary N) is 1. The summed E-state index contributed by atoms with van der Waals surface area (Å²) in [6, 6.07) is 5.20. The number of aromatic nitrogens is 1. The van der Waals surface area contributed by atoms with Gasteiger partial charge in [0.25, 0.3) is 0 Å². The maximum atomic E-state index is 13.0. The van der Waals surface area contributed by atoms with Gasteiger partial charge in [-0.25, -0.2) is 4.79 Å². The molecule has 2 aliphatic rings. The number of ether oxygens (including phenoxy) is 1. The highest BCUT2D eigenvalue weighted by Gasteiger charge is 2.31. The Hall–Kier alpha value is -3.17. The number of carbonyl (C=O) groups excluding carboxylic acids is 1. The van der Waals surface area contributed by atoms with Gasteiger partial charge in [0.2, 0.25) is 11.3 Å². The molecule has 9 heteroatoms. The Bertz CT molecular complexity index is 1440. The number of pyridine rings is 1. The highest BCUT2D eigenvalue weighted by Crippen LogP contribution is 2.46. The van der Waals surface area contributed by atoms with Crippen molar-refractivity contribution in [3.05, 3.63) is 50.6 Å². The van der Waals surface area contributed by atoms with Crippen LogP contribution in [0.3, 0.4) is 0 Å². The first kappa shape index (κ1) is 25.5. The third kappa shape index (κ3) is 4.78. The molecule has 1 fully saturated rings. The van der Waals surface area contributed by atoms with Crippen molar-refractivity contribution < 1.29 is 19.4 Å². The van der Waals surface area contributed by atoms with Gasteiger partial charge in [0.1, 0.15) is 5.56 Å². The van der Waals surface area contributed by atoms with Crippen LogP contribution in [0.1, 0.15) is 78.8 Å². The molecule has 0 spiro atoms. The number of nitrogens with two attached hydrogens (primary N) is 1. The highest BCUT2D eigenvalue weighted by molar-refractivity contribution is 7.15. The number of hydrogen-bond acceptors (Lipinski definition) is 6. The average molecular weight is 524 g/mol. The van der Waals surface area contributed by atoms with Crippen molar-refractivity contribution in [3.8, 4) is 16.2 Å². The average Bonchev–Trinajstić information content (AvgIpc) is 3.60. The van der Waals surface area contributed by atoms with E-state index in [1.165, 1.54) is 11.1 Å². The molecule has 0 aliphatic heterocycles. The molecule has 196 valence electrons. The number of thiophene rings is 1. The van der Waals surface area contributed by atoms with Crippen LogP contribution in [0.15, 0.2) is 29.2 Å². The van der Waals surface area contributed by atoms with E-state index in [1.54, 1.807) is 24.5 Å². The summed E-state index contributed by atoms with van der Waals surface area (Å²) >= 11 is 1.67. The van der Waals surface area contributed by atoms with E-state index in [2.05, 4.69) is 25.2 Å². The van der Waals surface area contributed by atoms with Gasteiger partial charge >= 0.3 is 5.97 Å². The number of fused-ring (bicyclic) bond motifs is 2. The lowest BCUT2D eigenvalue weighted by molar-refractivity contribution is -0.123. The summed E-state index contributed by atoms with van der Waals surface area (Å²) < 4.78 is 7.79. The Labute approximate surface area is 219 Å². The van der Waals surface area contributed by atoms with E-state index in [0.29, 0.717) is 29.0 Å². The van der Waals surface area contributed by atoms with Gasteiger partial charge in [-0.15, -0.1) is 11.3 Å². The molecular weight excluding hydrogens is 490 g/mol. The number of methoxy groups -OCH3 is 1. The van der Waals surface area contributed by atoms with Crippen LogP contribution in [-0.2, 0) is 11.2 Å². The zero-order valence-electron chi connectivity index (χ0n) is 21.4. The molecule has 1 aromatic carbocycles. The van der Waals surface area contributed by atoms with E-state index in [0.717, 1.165) is 48.1 Å². The Morgan fingerprint density at radius 1 is 1.27 bits per heavy atom. The van der Waals surface area contributed by atoms with Crippen LogP contribution in [0, 0.1) is 5.92 Å². The van der Waals surface area contributed by atoms with Crippen molar-refractivity contribution >= 4 is 34.1 Å². The first-order valence-electron chi connectivity index (χ1n) is 12.9. The summed E-state index contributed by atoms with van der Waals surface area (Å²) in [6.07, 6.45) is 6.73. The molecule has 0 bridgehead atoms. The fraction of sp³-hybridized carbons (Fsp3) is 0.464. The molecule has 3 aromatic rings. The van der Waals surface area contributed by atoms with Gasteiger partial charge in [0, 0.05) is 27.6 Å². The minimum Gasteiger partial charge on any atom is -0.494 e. The normalized spacial score (nSPS) is 18.0. The molecule has 2 aromatic heterocycles. The summed E-state index contributed by atoms with van der Waals surface area (Å²) in [5, 5.41) is 13.1. The second-order valence-corrected chi connectivity index (χ2v) is 11.7. The number of carboxylic acids is 1. The number of amides is 1. The highest BCUT2D eigenvalue weighted by atomic mass is 32.1. The van der Waals surface area contributed by atoms with Crippen LogP contribution in [-0.4, -0.2) is 34.7 Å². The third-order valence-corrected chi connectivity index (χ3v) is 8.52. The molecule has 2 heterocycles. The number of carbonyl (C=O) groups is 2. The minimum atomic E-state index is -1.23. The molecule has 1 amide bonds. The number of hydrogen-bond donors (Lipinski definition) is 3. The maximum Gasteiger partial charge on any atom is 0.341 e. The van der Waals surface area contributed by atoms with Gasteiger partial charge in [-0.2, -0.15) is 0 Å². The van der Waals surface area contributed by atoms with Gasteiger partial charge in [-0.3, -0.25) is 9.59 Å². The molecule has 5 rings (SSSR count). The second kappa shape index (κ2) is 9.95. The first-order valence-corrected chi connectivity index (χ1v) is 13.7. The molecule has 2 aliphatic carbocycles. The van der Waals surface area contributed by atoms with E-state index in [9.17, 15) is 19.5 Å². The molecular formula is C28H33N3O5S. The number of nitrogens with zero attached hydrogens (tertiary/aromatic N) is 1. The van der Waals surface area contributed by atoms with Crippen LogP contribution in [0.4, 0.5) is 0 Å². The molecule has 2 atom stereocenters. The zero-order valence-corrected chi connectivity index (χ0v) is 22.2. The molecule has 1 saturated carbocycles. The molecule has 37 heavy (non-hydrogen) atoms. The van der Waals surface area contributed by atoms with Gasteiger partial charge in [-0.05, 0) is 68.2 Å². The minimum absolute atomic E-state index is 0.0892. The molecule has 0 saturated heterocycles. The second-order valence-electron chi connectivity index (χ2n) is 10.5. The van der Waals surface area contributed by atoms with Crippen molar-refractivity contribution in [1.29, 1.82) is 0 Å². The monoisotopic (exact) mass is 523 g/mol.